The first-order chi connectivity index (χ1) is 7.90. The first-order valence-corrected chi connectivity index (χ1v) is 6.10. The van der Waals surface area contributed by atoms with E-state index in [9.17, 15) is 4.79 Å². The quantitative estimate of drug-likeness (QED) is 0.936. The monoisotopic (exact) mass is 296 g/mol. The van der Waals surface area contributed by atoms with E-state index >= 15 is 0 Å². The number of aliphatic carboxylic acids is 1. The largest absolute Gasteiger partial charge is 0.481 e. The van der Waals surface area contributed by atoms with Crippen molar-refractivity contribution in [2.45, 2.75) is 20.3 Å². The molecule has 0 bridgehead atoms. The number of hydrogen-bond acceptors (Lipinski definition) is 2. The standard InChI is InChI=1S/C13H13BrO3/c1-13(2,12(15)16)7-9-6-8-4-3-5-10(14)11(8)17-9/h3-6H,7H2,1-2H3,(H,15,16). The van der Waals surface area contributed by atoms with Crippen molar-refractivity contribution < 1.29 is 14.3 Å². The van der Waals surface area contributed by atoms with Gasteiger partial charge < -0.3 is 9.52 Å². The molecular weight excluding hydrogens is 284 g/mol. The Morgan fingerprint density at radius 2 is 2.18 bits per heavy atom. The highest BCUT2D eigenvalue weighted by Gasteiger charge is 2.29. The molecule has 1 N–H and O–H groups in total. The second-order valence-electron chi connectivity index (χ2n) is 4.74. The number of carbonyl (C=O) groups is 1. The molecule has 2 rings (SSSR count). The van der Waals surface area contributed by atoms with Crippen LogP contribution in [0.2, 0.25) is 0 Å². The summed E-state index contributed by atoms with van der Waals surface area (Å²) in [5.74, 6) is -0.128. The number of benzene rings is 1. The molecule has 0 spiro atoms. The summed E-state index contributed by atoms with van der Waals surface area (Å²) in [6, 6.07) is 7.66. The van der Waals surface area contributed by atoms with E-state index < -0.39 is 11.4 Å². The highest BCUT2D eigenvalue weighted by atomic mass is 79.9. The number of fused-ring (bicyclic) bond motifs is 1. The first kappa shape index (κ1) is 12.2. The summed E-state index contributed by atoms with van der Waals surface area (Å²) in [5.41, 5.74) is -0.0518. The van der Waals surface area contributed by atoms with E-state index in [-0.39, 0.29) is 0 Å². The van der Waals surface area contributed by atoms with Crippen LogP contribution in [0.3, 0.4) is 0 Å². The van der Waals surface area contributed by atoms with Gasteiger partial charge in [-0.25, -0.2) is 0 Å². The van der Waals surface area contributed by atoms with Gasteiger partial charge in [-0.2, -0.15) is 0 Å². The lowest BCUT2D eigenvalue weighted by molar-refractivity contribution is -0.147. The maximum atomic E-state index is 11.1. The lowest BCUT2D eigenvalue weighted by atomic mass is 9.88. The van der Waals surface area contributed by atoms with E-state index in [1.165, 1.54) is 0 Å². The summed E-state index contributed by atoms with van der Waals surface area (Å²) >= 11 is 3.41. The third-order valence-corrected chi connectivity index (χ3v) is 3.37. The molecule has 0 aliphatic rings. The van der Waals surface area contributed by atoms with E-state index in [2.05, 4.69) is 15.9 Å². The van der Waals surface area contributed by atoms with Gasteiger partial charge in [-0.3, -0.25) is 4.79 Å². The fraction of sp³-hybridized carbons (Fsp3) is 0.308. The van der Waals surface area contributed by atoms with E-state index in [0.29, 0.717) is 12.2 Å². The van der Waals surface area contributed by atoms with Crippen LogP contribution < -0.4 is 0 Å². The average Bonchev–Trinajstić information content (AvgIpc) is 2.60. The van der Waals surface area contributed by atoms with Crippen LogP contribution >= 0.6 is 15.9 Å². The molecule has 1 aromatic heterocycles. The number of carboxylic acids is 1. The van der Waals surface area contributed by atoms with Crippen molar-refractivity contribution in [3.8, 4) is 0 Å². The fourth-order valence-corrected chi connectivity index (χ4v) is 2.14. The molecule has 0 unspecified atom stereocenters. The zero-order chi connectivity index (χ0) is 12.6. The fourth-order valence-electron chi connectivity index (χ4n) is 1.68. The Morgan fingerprint density at radius 1 is 1.47 bits per heavy atom. The summed E-state index contributed by atoms with van der Waals surface area (Å²) in [6.07, 6.45) is 0.378. The van der Waals surface area contributed by atoms with Crippen molar-refractivity contribution in [2.75, 3.05) is 0 Å². The van der Waals surface area contributed by atoms with E-state index in [4.69, 9.17) is 9.52 Å². The molecule has 1 heterocycles. The van der Waals surface area contributed by atoms with Crippen molar-refractivity contribution >= 4 is 32.9 Å². The van der Waals surface area contributed by atoms with Crippen molar-refractivity contribution in [1.82, 2.24) is 0 Å². The van der Waals surface area contributed by atoms with Crippen molar-refractivity contribution in [1.29, 1.82) is 0 Å². The van der Waals surface area contributed by atoms with Gasteiger partial charge >= 0.3 is 5.97 Å². The molecule has 0 aliphatic carbocycles. The van der Waals surface area contributed by atoms with E-state index in [1.807, 2.05) is 24.3 Å². The number of carboxylic acid groups (broad SMARTS) is 1. The highest BCUT2D eigenvalue weighted by Crippen LogP contribution is 2.30. The van der Waals surface area contributed by atoms with Gasteiger partial charge in [0, 0.05) is 11.8 Å². The summed E-state index contributed by atoms with van der Waals surface area (Å²) in [5, 5.41) is 10.1. The maximum Gasteiger partial charge on any atom is 0.309 e. The molecule has 0 saturated carbocycles. The topological polar surface area (TPSA) is 50.4 Å². The Kier molecular flexibility index (Phi) is 3.00. The Hall–Kier alpha value is -1.29. The number of hydrogen-bond donors (Lipinski definition) is 1. The second kappa shape index (κ2) is 4.18. The number of rotatable bonds is 3. The van der Waals surface area contributed by atoms with Crippen LogP contribution in [-0.4, -0.2) is 11.1 Å². The van der Waals surface area contributed by atoms with Crippen LogP contribution in [0.4, 0.5) is 0 Å². The minimum atomic E-state index is -0.822. The Labute approximate surface area is 108 Å². The van der Waals surface area contributed by atoms with Crippen LogP contribution in [-0.2, 0) is 11.2 Å². The molecule has 0 radical (unpaired) electrons. The minimum absolute atomic E-state index is 0.378. The predicted molar refractivity (Wildman–Crippen MR) is 69.0 cm³/mol. The maximum absolute atomic E-state index is 11.1. The van der Waals surface area contributed by atoms with Crippen LogP contribution in [0.15, 0.2) is 33.2 Å². The zero-order valence-electron chi connectivity index (χ0n) is 9.66. The van der Waals surface area contributed by atoms with Crippen molar-refractivity contribution in [2.24, 2.45) is 5.41 Å². The molecule has 0 aliphatic heterocycles. The molecular formula is C13H13BrO3. The molecule has 3 nitrogen and oxygen atoms in total. The van der Waals surface area contributed by atoms with Crippen molar-refractivity contribution in [3.63, 3.8) is 0 Å². The smallest absolute Gasteiger partial charge is 0.309 e. The average molecular weight is 297 g/mol. The van der Waals surface area contributed by atoms with Gasteiger partial charge in [0.1, 0.15) is 11.3 Å². The molecule has 1 aromatic carbocycles. The minimum Gasteiger partial charge on any atom is -0.481 e. The Bertz CT molecular complexity index is 569. The van der Waals surface area contributed by atoms with Gasteiger partial charge in [-0.05, 0) is 41.9 Å². The third kappa shape index (κ3) is 2.36. The van der Waals surface area contributed by atoms with Gasteiger partial charge in [0.25, 0.3) is 0 Å². The molecule has 17 heavy (non-hydrogen) atoms. The third-order valence-electron chi connectivity index (χ3n) is 2.74. The molecule has 4 heteroatoms. The molecule has 90 valence electrons. The second-order valence-corrected chi connectivity index (χ2v) is 5.59. The van der Waals surface area contributed by atoms with Gasteiger partial charge in [-0.1, -0.05) is 12.1 Å². The summed E-state index contributed by atoms with van der Waals surface area (Å²) in [7, 11) is 0. The van der Waals surface area contributed by atoms with Crippen LogP contribution in [0, 0.1) is 5.41 Å². The zero-order valence-corrected chi connectivity index (χ0v) is 11.2. The number of para-hydroxylation sites is 1. The van der Waals surface area contributed by atoms with Crippen LogP contribution in [0.25, 0.3) is 11.0 Å². The van der Waals surface area contributed by atoms with E-state index in [0.717, 1.165) is 15.4 Å². The first-order valence-electron chi connectivity index (χ1n) is 5.30. The normalized spacial score (nSPS) is 11.9. The molecule has 0 atom stereocenters. The molecule has 0 saturated heterocycles. The summed E-state index contributed by atoms with van der Waals surface area (Å²) < 4.78 is 6.56. The Morgan fingerprint density at radius 3 is 2.76 bits per heavy atom. The molecule has 2 aromatic rings. The molecule has 0 amide bonds. The molecule has 0 fully saturated rings. The summed E-state index contributed by atoms with van der Waals surface area (Å²) in [4.78, 5) is 11.1. The van der Waals surface area contributed by atoms with E-state index in [1.54, 1.807) is 13.8 Å². The SMILES string of the molecule is CC(C)(Cc1cc2cccc(Br)c2o1)C(=O)O. The van der Waals surface area contributed by atoms with Crippen LogP contribution in [0.5, 0.6) is 0 Å². The lowest BCUT2D eigenvalue weighted by Gasteiger charge is -2.16. The van der Waals surface area contributed by atoms with Gasteiger partial charge in [0.05, 0.1) is 9.89 Å². The summed E-state index contributed by atoms with van der Waals surface area (Å²) in [6.45, 7) is 3.38. The van der Waals surface area contributed by atoms with Gasteiger partial charge in [0.15, 0.2) is 0 Å². The Balaban J connectivity index is 2.38. The predicted octanol–water partition coefficient (Wildman–Crippen LogP) is 3.85. The van der Waals surface area contributed by atoms with Crippen LogP contribution in [0.1, 0.15) is 19.6 Å². The lowest BCUT2D eigenvalue weighted by Crippen LogP contribution is -2.25. The number of halogens is 1. The highest BCUT2D eigenvalue weighted by molar-refractivity contribution is 9.10. The van der Waals surface area contributed by atoms with Crippen molar-refractivity contribution in [3.05, 3.63) is 34.5 Å². The van der Waals surface area contributed by atoms with Gasteiger partial charge in [-0.15, -0.1) is 0 Å². The number of furan rings is 1. The van der Waals surface area contributed by atoms with Gasteiger partial charge in [0.2, 0.25) is 0 Å².